The Morgan fingerprint density at radius 3 is 2.82 bits per heavy atom. The van der Waals surface area contributed by atoms with Gasteiger partial charge in [0.25, 0.3) is 0 Å². The SMILES string of the molecule is CC1(C)OC[C@@H](C/C=C/I)O1. The molecule has 0 aromatic carbocycles. The van der Waals surface area contributed by atoms with Gasteiger partial charge in [0.15, 0.2) is 5.79 Å². The lowest BCUT2D eigenvalue weighted by molar-refractivity contribution is -0.137. The molecule has 1 aliphatic heterocycles. The van der Waals surface area contributed by atoms with Crippen LogP contribution in [-0.2, 0) is 9.47 Å². The molecule has 1 fully saturated rings. The normalized spacial score (nSPS) is 29.9. The Labute approximate surface area is 81.1 Å². The zero-order valence-corrected chi connectivity index (χ0v) is 9.00. The molecule has 0 unspecified atom stereocenters. The van der Waals surface area contributed by atoms with Crippen molar-refractivity contribution >= 4 is 22.6 Å². The Hall–Kier alpha value is 0.390. The van der Waals surface area contributed by atoms with E-state index in [4.69, 9.17) is 9.47 Å². The van der Waals surface area contributed by atoms with Gasteiger partial charge in [0.1, 0.15) is 0 Å². The minimum absolute atomic E-state index is 0.246. The highest BCUT2D eigenvalue weighted by Gasteiger charge is 2.31. The van der Waals surface area contributed by atoms with Crippen LogP contribution in [0.3, 0.4) is 0 Å². The summed E-state index contributed by atoms with van der Waals surface area (Å²) in [4.78, 5) is 0. The summed E-state index contributed by atoms with van der Waals surface area (Å²) >= 11 is 2.21. The standard InChI is InChI=1S/C8H13IO2/c1-8(2)10-6-7(11-8)4-3-5-9/h3,5,7H,4,6H2,1-2H3/b5-3+/t7-/m1/s1. The zero-order valence-electron chi connectivity index (χ0n) is 6.84. The van der Waals surface area contributed by atoms with E-state index in [0.717, 1.165) is 6.42 Å². The maximum atomic E-state index is 5.57. The lowest BCUT2D eigenvalue weighted by Gasteiger charge is -2.16. The molecule has 0 saturated carbocycles. The van der Waals surface area contributed by atoms with Gasteiger partial charge in [0.05, 0.1) is 12.7 Å². The summed E-state index contributed by atoms with van der Waals surface area (Å²) < 4.78 is 13.0. The smallest absolute Gasteiger partial charge is 0.163 e. The van der Waals surface area contributed by atoms with Crippen molar-refractivity contribution in [2.24, 2.45) is 0 Å². The van der Waals surface area contributed by atoms with Gasteiger partial charge in [-0.25, -0.2) is 0 Å². The van der Waals surface area contributed by atoms with Crippen molar-refractivity contribution < 1.29 is 9.47 Å². The van der Waals surface area contributed by atoms with Crippen molar-refractivity contribution in [2.75, 3.05) is 6.61 Å². The molecule has 3 heteroatoms. The van der Waals surface area contributed by atoms with E-state index in [0.29, 0.717) is 6.61 Å². The van der Waals surface area contributed by atoms with E-state index in [1.807, 2.05) is 17.9 Å². The van der Waals surface area contributed by atoms with Gasteiger partial charge in [-0.1, -0.05) is 28.7 Å². The Bertz CT molecular complexity index is 154. The van der Waals surface area contributed by atoms with Gasteiger partial charge in [-0.15, -0.1) is 0 Å². The van der Waals surface area contributed by atoms with Gasteiger partial charge in [-0.3, -0.25) is 0 Å². The van der Waals surface area contributed by atoms with E-state index in [1.165, 1.54) is 0 Å². The van der Waals surface area contributed by atoms with Crippen LogP contribution in [0.4, 0.5) is 0 Å². The first-order chi connectivity index (χ1) is 5.14. The average molecular weight is 268 g/mol. The summed E-state index contributed by atoms with van der Waals surface area (Å²) in [6.45, 7) is 4.61. The Morgan fingerprint density at radius 1 is 1.64 bits per heavy atom. The molecule has 1 aliphatic rings. The van der Waals surface area contributed by atoms with Crippen LogP contribution in [0.5, 0.6) is 0 Å². The minimum Gasteiger partial charge on any atom is -0.348 e. The molecule has 1 rings (SSSR count). The Balaban J connectivity index is 2.30. The molecule has 64 valence electrons. The summed E-state index contributed by atoms with van der Waals surface area (Å²) in [5.41, 5.74) is 0. The second kappa shape index (κ2) is 3.87. The van der Waals surface area contributed by atoms with Crippen molar-refractivity contribution in [1.29, 1.82) is 0 Å². The largest absolute Gasteiger partial charge is 0.348 e. The summed E-state index contributed by atoms with van der Waals surface area (Å²) in [6, 6.07) is 0. The van der Waals surface area contributed by atoms with Crippen LogP contribution in [0.25, 0.3) is 0 Å². The molecule has 1 atom stereocenters. The van der Waals surface area contributed by atoms with Crippen LogP contribution < -0.4 is 0 Å². The second-order valence-corrected chi connectivity index (χ2v) is 3.77. The molecule has 0 radical (unpaired) electrons. The first kappa shape index (κ1) is 9.48. The first-order valence-corrected chi connectivity index (χ1v) is 4.95. The predicted molar refractivity (Wildman–Crippen MR) is 52.7 cm³/mol. The fraction of sp³-hybridized carbons (Fsp3) is 0.750. The monoisotopic (exact) mass is 268 g/mol. The number of hydrogen-bond acceptors (Lipinski definition) is 2. The highest BCUT2D eigenvalue weighted by atomic mass is 127. The molecule has 0 N–H and O–H groups in total. The third kappa shape index (κ3) is 3.09. The molecule has 0 aromatic rings. The van der Waals surface area contributed by atoms with Gasteiger partial charge in [-0.2, -0.15) is 0 Å². The fourth-order valence-electron chi connectivity index (χ4n) is 1.08. The Kier molecular flexibility index (Phi) is 3.33. The summed E-state index contributed by atoms with van der Waals surface area (Å²) in [6.07, 6.45) is 3.29. The average Bonchev–Trinajstić information content (AvgIpc) is 2.26. The molecule has 2 nitrogen and oxygen atoms in total. The number of halogens is 1. The van der Waals surface area contributed by atoms with Gasteiger partial charge >= 0.3 is 0 Å². The van der Waals surface area contributed by atoms with Crippen LogP contribution in [0.1, 0.15) is 20.3 Å². The summed E-state index contributed by atoms with van der Waals surface area (Å²) in [7, 11) is 0. The van der Waals surface area contributed by atoms with Gasteiger partial charge in [0.2, 0.25) is 0 Å². The molecule has 1 saturated heterocycles. The molecule has 1 heterocycles. The highest BCUT2D eigenvalue weighted by molar-refractivity contribution is 14.1. The quantitative estimate of drug-likeness (QED) is 0.716. The lowest BCUT2D eigenvalue weighted by atomic mass is 10.3. The van der Waals surface area contributed by atoms with Crippen LogP contribution >= 0.6 is 22.6 Å². The van der Waals surface area contributed by atoms with Crippen LogP contribution in [0, 0.1) is 0 Å². The third-order valence-corrected chi connectivity index (χ3v) is 2.06. The van der Waals surface area contributed by atoms with E-state index in [2.05, 4.69) is 28.7 Å². The van der Waals surface area contributed by atoms with Crippen molar-refractivity contribution in [3.05, 3.63) is 10.2 Å². The molecule has 0 spiro atoms. The summed E-state index contributed by atoms with van der Waals surface area (Å²) in [5, 5.41) is 0. The third-order valence-electron chi connectivity index (χ3n) is 1.56. The molecule has 0 bridgehead atoms. The van der Waals surface area contributed by atoms with Crippen molar-refractivity contribution in [3.63, 3.8) is 0 Å². The number of rotatable bonds is 2. The number of hydrogen-bond donors (Lipinski definition) is 0. The Morgan fingerprint density at radius 2 is 2.36 bits per heavy atom. The molecular formula is C8H13IO2. The van der Waals surface area contributed by atoms with E-state index in [9.17, 15) is 0 Å². The van der Waals surface area contributed by atoms with E-state index >= 15 is 0 Å². The van der Waals surface area contributed by atoms with E-state index in [-0.39, 0.29) is 11.9 Å². The van der Waals surface area contributed by atoms with Gasteiger partial charge in [0, 0.05) is 0 Å². The fourth-order valence-corrected chi connectivity index (χ4v) is 1.38. The van der Waals surface area contributed by atoms with E-state index in [1.54, 1.807) is 0 Å². The molecule has 0 aliphatic carbocycles. The first-order valence-electron chi connectivity index (χ1n) is 3.71. The van der Waals surface area contributed by atoms with Crippen LogP contribution in [-0.4, -0.2) is 18.5 Å². The highest BCUT2D eigenvalue weighted by Crippen LogP contribution is 2.24. The molecule has 0 amide bonds. The molecule has 0 aromatic heterocycles. The molecular weight excluding hydrogens is 255 g/mol. The van der Waals surface area contributed by atoms with Gasteiger partial charge < -0.3 is 9.47 Å². The minimum atomic E-state index is -0.371. The van der Waals surface area contributed by atoms with E-state index < -0.39 is 0 Å². The lowest BCUT2D eigenvalue weighted by Crippen LogP contribution is -2.21. The predicted octanol–water partition coefficient (Wildman–Crippen LogP) is 2.48. The van der Waals surface area contributed by atoms with Crippen molar-refractivity contribution in [1.82, 2.24) is 0 Å². The van der Waals surface area contributed by atoms with Gasteiger partial charge in [-0.05, 0) is 24.4 Å². The maximum absolute atomic E-state index is 5.57. The van der Waals surface area contributed by atoms with Crippen LogP contribution in [0.15, 0.2) is 10.2 Å². The van der Waals surface area contributed by atoms with Crippen LogP contribution in [0.2, 0.25) is 0 Å². The van der Waals surface area contributed by atoms with Crippen molar-refractivity contribution in [2.45, 2.75) is 32.2 Å². The molecule has 11 heavy (non-hydrogen) atoms. The topological polar surface area (TPSA) is 18.5 Å². The second-order valence-electron chi connectivity index (χ2n) is 3.05. The number of ether oxygens (including phenoxy) is 2. The summed E-state index contributed by atoms with van der Waals surface area (Å²) in [5.74, 6) is -0.371. The van der Waals surface area contributed by atoms with Crippen molar-refractivity contribution in [3.8, 4) is 0 Å². The zero-order chi connectivity index (χ0) is 8.32. The maximum Gasteiger partial charge on any atom is 0.163 e.